The highest BCUT2D eigenvalue weighted by atomic mass is 16.2. The Morgan fingerprint density at radius 2 is 1.40 bits per heavy atom. The lowest BCUT2D eigenvalue weighted by Gasteiger charge is -2.40. The minimum atomic E-state index is -0.773. The van der Waals surface area contributed by atoms with Gasteiger partial charge in [0.2, 0.25) is 5.91 Å². The van der Waals surface area contributed by atoms with Crippen molar-refractivity contribution in [3.05, 3.63) is 65.7 Å². The van der Waals surface area contributed by atoms with E-state index >= 15 is 0 Å². The number of carbonyl (C=O) groups is 3. The lowest BCUT2D eigenvalue weighted by Crippen LogP contribution is -2.58. The molecule has 2 aromatic carbocycles. The third-order valence-corrected chi connectivity index (χ3v) is 6.25. The smallest absolute Gasteiger partial charge is 0.262 e. The van der Waals surface area contributed by atoms with Crippen molar-refractivity contribution in [3.8, 4) is 0 Å². The molecule has 6 nitrogen and oxygen atoms in total. The Kier molecular flexibility index (Phi) is 5.57. The van der Waals surface area contributed by atoms with Crippen LogP contribution < -0.4 is 4.90 Å². The zero-order chi connectivity index (χ0) is 21.3. The number of hydrogen-bond acceptors (Lipinski definition) is 4. The van der Waals surface area contributed by atoms with Gasteiger partial charge < -0.3 is 9.80 Å². The fraction of sp³-hybridized carbons (Fsp3) is 0.375. The van der Waals surface area contributed by atoms with Gasteiger partial charge in [-0.2, -0.15) is 0 Å². The summed E-state index contributed by atoms with van der Waals surface area (Å²) in [7, 11) is 0. The molecule has 6 heteroatoms. The van der Waals surface area contributed by atoms with Crippen molar-refractivity contribution in [2.24, 2.45) is 5.92 Å². The number of benzene rings is 2. The molecule has 0 saturated carbocycles. The fourth-order valence-corrected chi connectivity index (χ4v) is 4.30. The molecular weight excluding hydrogens is 378 g/mol. The predicted molar refractivity (Wildman–Crippen MR) is 115 cm³/mol. The summed E-state index contributed by atoms with van der Waals surface area (Å²) in [4.78, 5) is 44.8. The molecule has 2 aliphatic heterocycles. The monoisotopic (exact) mass is 405 g/mol. The highest BCUT2D eigenvalue weighted by Gasteiger charge is 2.45. The van der Waals surface area contributed by atoms with Gasteiger partial charge in [-0.1, -0.05) is 50.6 Å². The first kappa shape index (κ1) is 20.1. The number of piperazine rings is 1. The second-order valence-corrected chi connectivity index (χ2v) is 8.00. The summed E-state index contributed by atoms with van der Waals surface area (Å²) in [5.41, 5.74) is 1.92. The molecule has 3 amide bonds. The average Bonchev–Trinajstić information content (AvgIpc) is 3.05. The molecule has 0 spiro atoms. The van der Waals surface area contributed by atoms with Gasteiger partial charge in [-0.25, -0.2) is 0 Å². The second-order valence-electron chi connectivity index (χ2n) is 8.00. The molecule has 2 heterocycles. The molecule has 30 heavy (non-hydrogen) atoms. The molecule has 156 valence electrons. The highest BCUT2D eigenvalue weighted by Crippen LogP contribution is 2.29. The molecule has 0 aliphatic carbocycles. The number of anilines is 1. The molecule has 1 fully saturated rings. The zero-order valence-corrected chi connectivity index (χ0v) is 17.5. The molecule has 0 N–H and O–H groups in total. The van der Waals surface area contributed by atoms with Crippen LogP contribution in [0.3, 0.4) is 0 Å². The summed E-state index contributed by atoms with van der Waals surface area (Å²) in [6, 6.07) is 16.2. The van der Waals surface area contributed by atoms with Gasteiger partial charge in [-0.05, 0) is 30.2 Å². The number of nitrogens with zero attached hydrogens (tertiary/aromatic N) is 3. The van der Waals surface area contributed by atoms with Gasteiger partial charge in [0, 0.05) is 31.9 Å². The summed E-state index contributed by atoms with van der Waals surface area (Å²) in [6.45, 7) is 6.52. The van der Waals surface area contributed by atoms with E-state index in [0.717, 1.165) is 18.8 Å². The molecule has 0 aromatic heterocycles. The van der Waals surface area contributed by atoms with Crippen molar-refractivity contribution in [2.75, 3.05) is 31.1 Å². The van der Waals surface area contributed by atoms with Crippen LogP contribution in [0.2, 0.25) is 0 Å². The van der Waals surface area contributed by atoms with Crippen LogP contribution in [0, 0.1) is 5.92 Å². The minimum absolute atomic E-state index is 0.119. The zero-order valence-electron chi connectivity index (χ0n) is 17.5. The van der Waals surface area contributed by atoms with E-state index in [1.807, 2.05) is 32.0 Å². The predicted octanol–water partition coefficient (Wildman–Crippen LogP) is 3.05. The van der Waals surface area contributed by atoms with Crippen LogP contribution in [-0.4, -0.2) is 59.7 Å². The van der Waals surface area contributed by atoms with Gasteiger partial charge in [0.05, 0.1) is 11.1 Å². The quantitative estimate of drug-likeness (QED) is 0.718. The van der Waals surface area contributed by atoms with E-state index in [1.165, 1.54) is 4.90 Å². The van der Waals surface area contributed by atoms with E-state index in [9.17, 15) is 14.4 Å². The van der Waals surface area contributed by atoms with Gasteiger partial charge in [-0.15, -0.1) is 0 Å². The topological polar surface area (TPSA) is 60.9 Å². The van der Waals surface area contributed by atoms with E-state index in [2.05, 4.69) is 17.0 Å². The summed E-state index contributed by atoms with van der Waals surface area (Å²) < 4.78 is 0. The van der Waals surface area contributed by atoms with Crippen LogP contribution in [-0.2, 0) is 4.79 Å². The minimum Gasteiger partial charge on any atom is -0.368 e. The molecule has 2 aliphatic rings. The number of carbonyl (C=O) groups excluding carboxylic acids is 3. The molecule has 2 atom stereocenters. The Balaban J connectivity index is 1.53. The maximum absolute atomic E-state index is 13.5. The fourth-order valence-electron chi connectivity index (χ4n) is 4.30. The van der Waals surface area contributed by atoms with Crippen LogP contribution in [0.4, 0.5) is 5.69 Å². The number of rotatable bonds is 5. The van der Waals surface area contributed by atoms with Crippen LogP contribution in [0.5, 0.6) is 0 Å². The van der Waals surface area contributed by atoms with Gasteiger partial charge in [0.15, 0.2) is 0 Å². The SMILES string of the molecule is CC[C@H](C)[C@@H](C(=O)N1CCN(c2ccccc2)CC1)N1C(=O)c2ccccc2C1=O. The number of amides is 3. The summed E-state index contributed by atoms with van der Waals surface area (Å²) >= 11 is 0. The van der Waals surface area contributed by atoms with Crippen molar-refractivity contribution in [1.29, 1.82) is 0 Å². The standard InChI is InChI=1S/C24H27N3O3/c1-3-17(2)21(27-22(28)19-11-7-8-12-20(19)23(27)29)24(30)26-15-13-25(14-16-26)18-9-5-4-6-10-18/h4-12,17,21H,3,13-16H2,1-2H3/t17-,21-/m0/s1. The first-order valence-corrected chi connectivity index (χ1v) is 10.6. The largest absolute Gasteiger partial charge is 0.368 e. The first-order chi connectivity index (χ1) is 14.5. The Hall–Kier alpha value is -3.15. The second kappa shape index (κ2) is 8.30. The molecule has 0 unspecified atom stereocenters. The summed E-state index contributed by atoms with van der Waals surface area (Å²) in [5, 5.41) is 0. The molecule has 2 aromatic rings. The Labute approximate surface area is 177 Å². The Morgan fingerprint density at radius 3 is 1.93 bits per heavy atom. The van der Waals surface area contributed by atoms with Crippen molar-refractivity contribution < 1.29 is 14.4 Å². The van der Waals surface area contributed by atoms with E-state index in [1.54, 1.807) is 29.2 Å². The molecule has 0 bridgehead atoms. The third-order valence-electron chi connectivity index (χ3n) is 6.25. The highest BCUT2D eigenvalue weighted by molar-refractivity contribution is 6.22. The van der Waals surface area contributed by atoms with E-state index in [4.69, 9.17) is 0 Å². The van der Waals surface area contributed by atoms with Gasteiger partial charge in [0.1, 0.15) is 6.04 Å². The van der Waals surface area contributed by atoms with Crippen molar-refractivity contribution >= 4 is 23.4 Å². The normalized spacial score (nSPS) is 18.4. The van der Waals surface area contributed by atoms with E-state index in [0.29, 0.717) is 30.6 Å². The van der Waals surface area contributed by atoms with Crippen LogP contribution in [0.25, 0.3) is 0 Å². The maximum Gasteiger partial charge on any atom is 0.262 e. The summed E-state index contributed by atoms with van der Waals surface area (Å²) in [6.07, 6.45) is 0.702. The first-order valence-electron chi connectivity index (χ1n) is 10.6. The van der Waals surface area contributed by atoms with Crippen molar-refractivity contribution in [1.82, 2.24) is 9.80 Å². The number of hydrogen-bond donors (Lipinski definition) is 0. The van der Waals surface area contributed by atoms with Crippen molar-refractivity contribution in [3.63, 3.8) is 0 Å². The van der Waals surface area contributed by atoms with Gasteiger partial charge in [0.25, 0.3) is 11.8 Å². The Bertz CT molecular complexity index is 916. The van der Waals surface area contributed by atoms with E-state index in [-0.39, 0.29) is 23.6 Å². The van der Waals surface area contributed by atoms with Crippen LogP contribution in [0.15, 0.2) is 54.6 Å². The van der Waals surface area contributed by atoms with Gasteiger partial charge in [-0.3, -0.25) is 19.3 Å². The third kappa shape index (κ3) is 3.47. The molecule has 4 rings (SSSR count). The molecular formula is C24H27N3O3. The van der Waals surface area contributed by atoms with Crippen molar-refractivity contribution in [2.45, 2.75) is 26.3 Å². The molecule has 0 radical (unpaired) electrons. The van der Waals surface area contributed by atoms with Crippen LogP contribution >= 0.6 is 0 Å². The van der Waals surface area contributed by atoms with E-state index < -0.39 is 6.04 Å². The average molecular weight is 405 g/mol. The number of imide groups is 1. The lowest BCUT2D eigenvalue weighted by molar-refractivity contribution is -0.137. The van der Waals surface area contributed by atoms with Crippen LogP contribution in [0.1, 0.15) is 41.0 Å². The summed E-state index contributed by atoms with van der Waals surface area (Å²) in [5.74, 6) is -0.979. The lowest BCUT2D eigenvalue weighted by atomic mass is 9.95. The maximum atomic E-state index is 13.5. The van der Waals surface area contributed by atoms with Gasteiger partial charge >= 0.3 is 0 Å². The number of fused-ring (bicyclic) bond motifs is 1. The molecule has 1 saturated heterocycles. The Morgan fingerprint density at radius 1 is 0.867 bits per heavy atom. The number of para-hydroxylation sites is 1.